The van der Waals surface area contributed by atoms with Gasteiger partial charge in [-0.25, -0.2) is 0 Å². The Bertz CT molecular complexity index is 864. The number of hydrogen-bond donors (Lipinski definition) is 1. The second-order valence-electron chi connectivity index (χ2n) is 6.69. The van der Waals surface area contributed by atoms with Crippen molar-refractivity contribution in [3.8, 4) is 11.5 Å². The summed E-state index contributed by atoms with van der Waals surface area (Å²) in [7, 11) is 3.07. The van der Waals surface area contributed by atoms with Gasteiger partial charge >= 0.3 is 5.97 Å². The normalized spacial score (nSPS) is 17.0. The number of carbonyl (C=O) groups excluding carboxylic acids is 1. The molecule has 0 bridgehead atoms. The fourth-order valence-electron chi connectivity index (χ4n) is 3.30. The summed E-state index contributed by atoms with van der Waals surface area (Å²) in [6, 6.07) is 4.93. The number of esters is 1. The molecule has 29 heavy (non-hydrogen) atoms. The van der Waals surface area contributed by atoms with E-state index in [-0.39, 0.29) is 28.5 Å². The van der Waals surface area contributed by atoms with Gasteiger partial charge in [-0.1, -0.05) is 29.3 Å². The summed E-state index contributed by atoms with van der Waals surface area (Å²) in [4.78, 5) is 12.7. The first-order valence-electron chi connectivity index (χ1n) is 9.15. The van der Waals surface area contributed by atoms with Gasteiger partial charge in [-0.05, 0) is 37.1 Å². The van der Waals surface area contributed by atoms with Crippen LogP contribution in [0.3, 0.4) is 0 Å². The molecule has 1 aliphatic rings. The average molecular weight is 441 g/mol. The van der Waals surface area contributed by atoms with E-state index in [2.05, 4.69) is 5.32 Å². The molecule has 1 fully saturated rings. The van der Waals surface area contributed by atoms with Crippen molar-refractivity contribution in [1.29, 1.82) is 0 Å². The molecule has 2 heterocycles. The summed E-state index contributed by atoms with van der Waals surface area (Å²) in [5.74, 6) is 0.721. The number of halogens is 2. The molecule has 1 saturated heterocycles. The van der Waals surface area contributed by atoms with E-state index in [1.165, 1.54) is 19.5 Å². The molecule has 0 saturated carbocycles. The zero-order valence-electron chi connectivity index (χ0n) is 16.1. The zero-order chi connectivity index (χ0) is 21.0. The third-order valence-electron chi connectivity index (χ3n) is 4.83. The van der Waals surface area contributed by atoms with Crippen LogP contribution in [-0.2, 0) is 16.0 Å². The van der Waals surface area contributed by atoms with Crippen molar-refractivity contribution >= 4 is 29.2 Å². The van der Waals surface area contributed by atoms with Crippen molar-refractivity contribution in [1.82, 2.24) is 5.32 Å². The molecule has 0 spiro atoms. The van der Waals surface area contributed by atoms with E-state index in [4.69, 9.17) is 37.4 Å². The van der Waals surface area contributed by atoms with Gasteiger partial charge in [-0.15, -0.1) is 0 Å². The van der Waals surface area contributed by atoms with E-state index in [1.807, 2.05) is 0 Å². The predicted octanol–water partition coefficient (Wildman–Crippen LogP) is 3.22. The Hall–Kier alpha value is -2.22. The Balaban J connectivity index is 1.94. The number of ether oxygens (including phenoxy) is 3. The molecule has 0 aliphatic carbocycles. The average Bonchev–Trinajstić information content (AvgIpc) is 3.24. The molecular weight excluding hydrogens is 419 g/mol. The lowest BCUT2D eigenvalue weighted by Gasteiger charge is -2.22. The summed E-state index contributed by atoms with van der Waals surface area (Å²) < 4.78 is 17.0. The van der Waals surface area contributed by atoms with Crippen LogP contribution in [0.25, 0.3) is 0 Å². The lowest BCUT2D eigenvalue weighted by atomic mass is 10.0. The molecule has 1 aliphatic heterocycles. The molecule has 0 amide bonds. The van der Waals surface area contributed by atoms with E-state index in [0.717, 1.165) is 19.4 Å². The smallest absolute Gasteiger partial charge is 0.323 e. The Labute approximate surface area is 179 Å². The maximum atomic E-state index is 12.7. The van der Waals surface area contributed by atoms with Crippen molar-refractivity contribution in [3.63, 3.8) is 0 Å². The number of rotatable bonds is 7. The number of carbonyl (C=O) groups is 1. The van der Waals surface area contributed by atoms with Crippen molar-refractivity contribution in [3.05, 3.63) is 57.0 Å². The van der Waals surface area contributed by atoms with E-state index in [1.54, 1.807) is 25.3 Å². The first kappa shape index (κ1) is 21.5. The van der Waals surface area contributed by atoms with Gasteiger partial charge in [0.05, 0.1) is 14.2 Å². The topological polar surface area (TPSA) is 83.7 Å². The molecule has 1 aromatic heterocycles. The van der Waals surface area contributed by atoms with Crippen molar-refractivity contribution in [2.24, 2.45) is 0 Å². The Morgan fingerprint density at radius 2 is 1.93 bits per heavy atom. The van der Waals surface area contributed by atoms with Crippen LogP contribution in [0, 0.1) is 5.21 Å². The number of pyridine rings is 1. The highest BCUT2D eigenvalue weighted by Crippen LogP contribution is 2.35. The first-order valence-corrected chi connectivity index (χ1v) is 9.91. The molecule has 2 atom stereocenters. The van der Waals surface area contributed by atoms with Crippen LogP contribution in [0.2, 0.25) is 10.0 Å². The first-order chi connectivity index (χ1) is 13.9. The third kappa shape index (κ3) is 5.04. The maximum Gasteiger partial charge on any atom is 0.323 e. The van der Waals surface area contributed by atoms with Gasteiger partial charge in [0, 0.05) is 12.0 Å². The lowest BCUT2D eigenvalue weighted by Crippen LogP contribution is -2.33. The fourth-order valence-corrected chi connectivity index (χ4v) is 3.90. The van der Waals surface area contributed by atoms with Gasteiger partial charge in [0.1, 0.15) is 22.2 Å². The van der Waals surface area contributed by atoms with Crippen LogP contribution >= 0.6 is 23.2 Å². The van der Waals surface area contributed by atoms with E-state index in [9.17, 15) is 10.0 Å². The molecule has 156 valence electrons. The Morgan fingerprint density at radius 1 is 1.24 bits per heavy atom. The molecule has 9 heteroatoms. The van der Waals surface area contributed by atoms with Crippen LogP contribution in [0.1, 0.15) is 30.1 Å². The van der Waals surface area contributed by atoms with Gasteiger partial charge < -0.3 is 24.7 Å². The number of benzene rings is 1. The molecule has 2 aromatic rings. The second-order valence-corrected chi connectivity index (χ2v) is 7.50. The van der Waals surface area contributed by atoms with Crippen molar-refractivity contribution < 1.29 is 23.7 Å². The standard InChI is InChI=1S/C20H22Cl2N2O5/c1-27-17-6-5-12(8-19(17)28-2)18(29-20(25)16-4-3-7-23-16)9-13-14(21)10-24(26)11-15(13)22/h5-6,8,10-11,16,18,23H,3-4,7,9H2,1-2H3/t16-,18-/m0/s1. The molecule has 1 N–H and O–H groups in total. The minimum atomic E-state index is -0.679. The molecule has 0 unspecified atom stereocenters. The van der Waals surface area contributed by atoms with Gasteiger partial charge in [0.2, 0.25) is 0 Å². The molecule has 1 aromatic carbocycles. The number of methoxy groups -OCH3 is 2. The zero-order valence-corrected chi connectivity index (χ0v) is 17.6. The van der Waals surface area contributed by atoms with Crippen LogP contribution in [0.5, 0.6) is 11.5 Å². The summed E-state index contributed by atoms with van der Waals surface area (Å²) in [5.41, 5.74) is 1.22. The molecule has 3 rings (SSSR count). The lowest BCUT2D eigenvalue weighted by molar-refractivity contribution is -0.605. The van der Waals surface area contributed by atoms with E-state index < -0.39 is 6.10 Å². The van der Waals surface area contributed by atoms with Gasteiger partial charge in [0.15, 0.2) is 23.9 Å². The summed E-state index contributed by atoms with van der Waals surface area (Å²) in [6.07, 6.45) is 3.60. The number of hydrogen-bond acceptors (Lipinski definition) is 6. The quantitative estimate of drug-likeness (QED) is 0.404. The fraction of sp³-hybridized carbons (Fsp3) is 0.400. The minimum absolute atomic E-state index is 0.201. The number of aromatic nitrogens is 1. The SMILES string of the molecule is COc1ccc([C@H](Cc2c(Cl)c[n+]([O-])cc2Cl)OC(=O)[C@@H]2CCCN2)cc1OC. The third-order valence-corrected chi connectivity index (χ3v) is 5.48. The highest BCUT2D eigenvalue weighted by atomic mass is 35.5. The van der Waals surface area contributed by atoms with Gasteiger partial charge in [0.25, 0.3) is 0 Å². The number of nitrogens with zero attached hydrogens (tertiary/aromatic N) is 1. The predicted molar refractivity (Wildman–Crippen MR) is 109 cm³/mol. The van der Waals surface area contributed by atoms with Crippen LogP contribution in [0.15, 0.2) is 30.6 Å². The van der Waals surface area contributed by atoms with Crippen molar-refractivity contribution in [2.45, 2.75) is 31.4 Å². The molecule has 0 radical (unpaired) electrons. The van der Waals surface area contributed by atoms with Gasteiger partial charge in [-0.3, -0.25) is 4.79 Å². The highest BCUT2D eigenvalue weighted by molar-refractivity contribution is 6.35. The van der Waals surface area contributed by atoms with Crippen LogP contribution < -0.4 is 19.5 Å². The summed E-state index contributed by atoms with van der Waals surface area (Å²) >= 11 is 12.5. The Morgan fingerprint density at radius 3 is 2.52 bits per heavy atom. The van der Waals surface area contributed by atoms with Crippen molar-refractivity contribution in [2.75, 3.05) is 20.8 Å². The summed E-state index contributed by atoms with van der Waals surface area (Å²) in [6.45, 7) is 0.778. The van der Waals surface area contributed by atoms with Crippen LogP contribution in [-0.4, -0.2) is 32.8 Å². The minimum Gasteiger partial charge on any atom is -0.619 e. The highest BCUT2D eigenvalue weighted by Gasteiger charge is 2.29. The van der Waals surface area contributed by atoms with E-state index in [0.29, 0.717) is 27.4 Å². The Kier molecular flexibility index (Phi) is 7.05. The largest absolute Gasteiger partial charge is 0.619 e. The summed E-state index contributed by atoms with van der Waals surface area (Å²) in [5, 5.41) is 15.1. The van der Waals surface area contributed by atoms with E-state index >= 15 is 0 Å². The molecular formula is C20H22Cl2N2O5. The van der Waals surface area contributed by atoms with Crippen LogP contribution in [0.4, 0.5) is 0 Å². The monoisotopic (exact) mass is 440 g/mol. The second kappa shape index (κ2) is 9.52. The number of nitrogens with one attached hydrogen (secondary N) is 1. The molecule has 7 nitrogen and oxygen atoms in total. The maximum absolute atomic E-state index is 12.7. The van der Waals surface area contributed by atoms with Gasteiger partial charge in [-0.2, -0.15) is 4.73 Å².